The van der Waals surface area contributed by atoms with Crippen LogP contribution >= 0.6 is 0 Å². The minimum atomic E-state index is -4.33. The zero-order valence-corrected chi connectivity index (χ0v) is 15.0. The van der Waals surface area contributed by atoms with E-state index in [1.54, 1.807) is 7.11 Å². The van der Waals surface area contributed by atoms with Gasteiger partial charge in [0.15, 0.2) is 5.82 Å². The predicted octanol–water partition coefficient (Wildman–Crippen LogP) is 3.08. The number of hydrogen-bond donors (Lipinski definition) is 0. The van der Waals surface area contributed by atoms with E-state index in [4.69, 9.17) is 4.74 Å². The number of alkyl halides is 3. The molecule has 2 heterocycles. The average Bonchev–Trinajstić information content (AvgIpc) is 3.13. The first-order valence-corrected chi connectivity index (χ1v) is 8.67. The van der Waals surface area contributed by atoms with Crippen LogP contribution in [0.1, 0.15) is 30.1 Å². The summed E-state index contributed by atoms with van der Waals surface area (Å²) in [5, 5.41) is 4.14. The Morgan fingerprint density at radius 3 is 2.69 bits per heavy atom. The third-order valence-corrected chi connectivity index (χ3v) is 4.75. The monoisotopic (exact) mass is 368 g/mol. The highest BCUT2D eigenvalue weighted by molar-refractivity contribution is 5.35. The number of nitrogens with zero attached hydrogens (tertiary/aromatic N) is 4. The van der Waals surface area contributed by atoms with Crippen LogP contribution in [0.5, 0.6) is 5.75 Å². The van der Waals surface area contributed by atoms with Crippen molar-refractivity contribution in [2.75, 3.05) is 20.7 Å². The Morgan fingerprint density at radius 1 is 1.27 bits per heavy atom. The lowest BCUT2D eigenvalue weighted by molar-refractivity contribution is -0.143. The van der Waals surface area contributed by atoms with E-state index in [0.29, 0.717) is 30.2 Å². The van der Waals surface area contributed by atoms with Crippen molar-refractivity contribution in [3.8, 4) is 5.75 Å². The van der Waals surface area contributed by atoms with Gasteiger partial charge in [-0.1, -0.05) is 18.2 Å². The van der Waals surface area contributed by atoms with Gasteiger partial charge in [-0.25, -0.2) is 9.67 Å². The van der Waals surface area contributed by atoms with E-state index in [9.17, 15) is 13.2 Å². The standard InChI is InChI=1S/C18H23F3N4O/c1-24-9-5-7-14(24)11-17-22-16(23-25(17)12-18(19,20)21)10-13-6-3-4-8-15(13)26-2/h3-4,6,8,14H,5,7,9-12H2,1-2H3. The first-order chi connectivity index (χ1) is 12.4. The molecule has 0 bridgehead atoms. The summed E-state index contributed by atoms with van der Waals surface area (Å²) in [6, 6.07) is 7.60. The molecule has 0 aliphatic carbocycles. The second kappa shape index (κ2) is 7.65. The van der Waals surface area contributed by atoms with Gasteiger partial charge in [-0.3, -0.25) is 0 Å². The molecular formula is C18H23F3N4O. The molecule has 0 saturated carbocycles. The molecule has 142 valence electrons. The largest absolute Gasteiger partial charge is 0.496 e. The number of likely N-dealkylation sites (N-methyl/N-ethyl adjacent to an activating group) is 1. The highest BCUT2D eigenvalue weighted by Crippen LogP contribution is 2.24. The molecular weight excluding hydrogens is 345 g/mol. The van der Waals surface area contributed by atoms with E-state index >= 15 is 0 Å². The molecule has 0 amide bonds. The van der Waals surface area contributed by atoms with Gasteiger partial charge in [0.1, 0.15) is 18.1 Å². The van der Waals surface area contributed by atoms with Gasteiger partial charge >= 0.3 is 6.18 Å². The number of halogens is 3. The maximum absolute atomic E-state index is 12.9. The number of rotatable bonds is 6. The van der Waals surface area contributed by atoms with Gasteiger partial charge in [-0.15, -0.1) is 0 Å². The molecule has 0 radical (unpaired) electrons. The molecule has 8 heteroatoms. The van der Waals surface area contributed by atoms with Crippen molar-refractivity contribution in [1.82, 2.24) is 19.7 Å². The van der Waals surface area contributed by atoms with E-state index < -0.39 is 12.7 Å². The van der Waals surface area contributed by atoms with Crippen LogP contribution in [0.25, 0.3) is 0 Å². The fourth-order valence-corrected chi connectivity index (χ4v) is 3.42. The number of aromatic nitrogens is 3. The van der Waals surface area contributed by atoms with Gasteiger partial charge in [-0.2, -0.15) is 18.3 Å². The summed E-state index contributed by atoms with van der Waals surface area (Å²) in [7, 11) is 3.56. The molecule has 1 atom stereocenters. The van der Waals surface area contributed by atoms with Gasteiger partial charge in [0.2, 0.25) is 0 Å². The van der Waals surface area contributed by atoms with E-state index in [0.717, 1.165) is 29.6 Å². The van der Waals surface area contributed by atoms with Crippen molar-refractivity contribution in [2.24, 2.45) is 0 Å². The minimum Gasteiger partial charge on any atom is -0.496 e. The molecule has 1 aliphatic rings. The first-order valence-electron chi connectivity index (χ1n) is 8.67. The lowest BCUT2D eigenvalue weighted by Crippen LogP contribution is -2.29. The predicted molar refractivity (Wildman–Crippen MR) is 91.2 cm³/mol. The number of hydrogen-bond acceptors (Lipinski definition) is 4. The van der Waals surface area contributed by atoms with Crippen LogP contribution in [0.15, 0.2) is 24.3 Å². The average molecular weight is 368 g/mol. The van der Waals surface area contributed by atoms with Gasteiger partial charge in [0.25, 0.3) is 0 Å². The van der Waals surface area contributed by atoms with Gasteiger partial charge in [-0.05, 0) is 32.5 Å². The van der Waals surface area contributed by atoms with Crippen molar-refractivity contribution in [1.29, 1.82) is 0 Å². The van der Waals surface area contributed by atoms with Gasteiger partial charge in [0, 0.05) is 24.4 Å². The Kier molecular flexibility index (Phi) is 5.50. The number of benzene rings is 1. The lowest BCUT2D eigenvalue weighted by atomic mass is 10.1. The summed E-state index contributed by atoms with van der Waals surface area (Å²) in [6.45, 7) is -0.149. The summed E-state index contributed by atoms with van der Waals surface area (Å²) >= 11 is 0. The number of ether oxygens (including phenoxy) is 1. The molecule has 0 N–H and O–H groups in total. The topological polar surface area (TPSA) is 43.2 Å². The molecule has 0 spiro atoms. The molecule has 2 aromatic rings. The van der Waals surface area contributed by atoms with Crippen molar-refractivity contribution in [2.45, 2.75) is 44.4 Å². The fraction of sp³-hybridized carbons (Fsp3) is 0.556. The smallest absolute Gasteiger partial charge is 0.408 e. The normalized spacial score (nSPS) is 18.4. The highest BCUT2D eigenvalue weighted by Gasteiger charge is 2.32. The Labute approximate surface area is 150 Å². The van der Waals surface area contributed by atoms with Crippen molar-refractivity contribution in [3.05, 3.63) is 41.5 Å². The van der Waals surface area contributed by atoms with Gasteiger partial charge < -0.3 is 9.64 Å². The lowest BCUT2D eigenvalue weighted by Gasteiger charge is -2.19. The summed E-state index contributed by atoms with van der Waals surface area (Å²) in [4.78, 5) is 6.61. The van der Waals surface area contributed by atoms with Crippen LogP contribution in [-0.4, -0.2) is 52.6 Å². The maximum Gasteiger partial charge on any atom is 0.408 e. The minimum absolute atomic E-state index is 0.213. The molecule has 26 heavy (non-hydrogen) atoms. The van der Waals surface area contributed by atoms with Crippen LogP contribution in [0.2, 0.25) is 0 Å². The van der Waals surface area contributed by atoms with Gasteiger partial charge in [0.05, 0.1) is 7.11 Å². The fourth-order valence-electron chi connectivity index (χ4n) is 3.42. The Balaban J connectivity index is 1.85. The Morgan fingerprint density at radius 2 is 2.04 bits per heavy atom. The molecule has 1 unspecified atom stereocenters. The highest BCUT2D eigenvalue weighted by atomic mass is 19.4. The SMILES string of the molecule is COc1ccccc1Cc1nc(CC2CCCN2C)n(CC(F)(F)F)n1. The first kappa shape index (κ1) is 18.7. The summed E-state index contributed by atoms with van der Waals surface area (Å²) in [6.07, 6.45) is -1.49. The van der Waals surface area contributed by atoms with Crippen molar-refractivity contribution >= 4 is 0 Å². The van der Waals surface area contributed by atoms with Crippen molar-refractivity contribution in [3.63, 3.8) is 0 Å². The van der Waals surface area contributed by atoms with Crippen LogP contribution in [-0.2, 0) is 19.4 Å². The molecule has 1 aromatic heterocycles. The molecule has 1 fully saturated rings. The quantitative estimate of drug-likeness (QED) is 0.786. The molecule has 1 saturated heterocycles. The second-order valence-electron chi connectivity index (χ2n) is 6.69. The van der Waals surface area contributed by atoms with E-state index in [1.807, 2.05) is 31.3 Å². The van der Waals surface area contributed by atoms with E-state index in [1.165, 1.54) is 0 Å². The molecule has 5 nitrogen and oxygen atoms in total. The molecule has 3 rings (SSSR count). The summed E-state index contributed by atoms with van der Waals surface area (Å²) < 4.78 is 45.2. The zero-order valence-electron chi connectivity index (χ0n) is 15.0. The maximum atomic E-state index is 12.9. The number of para-hydroxylation sites is 1. The molecule has 1 aromatic carbocycles. The summed E-state index contributed by atoms with van der Waals surface area (Å²) in [5.41, 5.74) is 0.851. The molecule has 1 aliphatic heterocycles. The van der Waals surface area contributed by atoms with Crippen LogP contribution in [0.4, 0.5) is 13.2 Å². The van der Waals surface area contributed by atoms with E-state index in [2.05, 4.69) is 15.0 Å². The number of methoxy groups -OCH3 is 1. The van der Waals surface area contributed by atoms with Crippen LogP contribution in [0.3, 0.4) is 0 Å². The van der Waals surface area contributed by atoms with E-state index in [-0.39, 0.29) is 6.04 Å². The zero-order chi connectivity index (χ0) is 18.7. The van der Waals surface area contributed by atoms with Crippen molar-refractivity contribution < 1.29 is 17.9 Å². The Hall–Kier alpha value is -2.09. The number of likely N-dealkylation sites (tertiary alicyclic amines) is 1. The second-order valence-corrected chi connectivity index (χ2v) is 6.69. The van der Waals surface area contributed by atoms with Crippen LogP contribution in [0, 0.1) is 0 Å². The Bertz CT molecular complexity index is 744. The summed E-state index contributed by atoms with van der Waals surface area (Å²) in [5.74, 6) is 1.46. The third kappa shape index (κ3) is 4.55. The van der Waals surface area contributed by atoms with Crippen LogP contribution < -0.4 is 4.74 Å². The third-order valence-electron chi connectivity index (χ3n) is 4.75.